The Morgan fingerprint density at radius 2 is 1.64 bits per heavy atom. The Morgan fingerprint density at radius 3 is 2.18 bits per heavy atom. The molecule has 0 heterocycles. The van der Waals surface area contributed by atoms with Gasteiger partial charge < -0.3 is 10.2 Å². The molecule has 8 heteroatoms. The summed E-state index contributed by atoms with van der Waals surface area (Å²) in [5, 5.41) is 2.88. The summed E-state index contributed by atoms with van der Waals surface area (Å²) >= 11 is 0. The number of nitrogens with one attached hydrogen (secondary N) is 1. The molecular weight excluding hydrogens is 438 g/mol. The van der Waals surface area contributed by atoms with Crippen LogP contribution in [0.3, 0.4) is 0 Å². The monoisotopic (exact) mass is 473 g/mol. The minimum Gasteiger partial charge on any atom is -0.354 e. The van der Waals surface area contributed by atoms with Crippen LogP contribution in [0.5, 0.6) is 0 Å². The van der Waals surface area contributed by atoms with E-state index in [0.717, 1.165) is 33.7 Å². The molecular formula is C25H35N3O4S. The first-order chi connectivity index (χ1) is 15.6. The van der Waals surface area contributed by atoms with Crippen molar-refractivity contribution in [2.45, 2.75) is 53.1 Å². The van der Waals surface area contributed by atoms with Crippen LogP contribution in [-0.2, 0) is 26.2 Å². The molecule has 7 nitrogen and oxygen atoms in total. The minimum absolute atomic E-state index is 0.217. The van der Waals surface area contributed by atoms with Crippen molar-refractivity contribution in [2.24, 2.45) is 0 Å². The molecule has 0 aliphatic heterocycles. The van der Waals surface area contributed by atoms with Gasteiger partial charge in [0.15, 0.2) is 0 Å². The molecule has 180 valence electrons. The third-order valence-corrected chi connectivity index (χ3v) is 6.68. The maximum absolute atomic E-state index is 13.6. The van der Waals surface area contributed by atoms with Crippen LogP contribution in [0.2, 0.25) is 0 Å². The summed E-state index contributed by atoms with van der Waals surface area (Å²) in [7, 11) is -3.72. The summed E-state index contributed by atoms with van der Waals surface area (Å²) in [5.74, 6) is -0.662. The van der Waals surface area contributed by atoms with E-state index in [4.69, 9.17) is 0 Å². The summed E-state index contributed by atoms with van der Waals surface area (Å²) in [5.41, 5.74) is 3.31. The molecule has 0 saturated heterocycles. The zero-order valence-corrected chi connectivity index (χ0v) is 21.0. The van der Waals surface area contributed by atoms with Crippen LogP contribution in [0.4, 0.5) is 5.69 Å². The van der Waals surface area contributed by atoms with Crippen molar-refractivity contribution < 1.29 is 18.0 Å². The highest BCUT2D eigenvalue weighted by Crippen LogP contribution is 2.21. The summed E-state index contributed by atoms with van der Waals surface area (Å²) < 4.78 is 26.2. The van der Waals surface area contributed by atoms with Gasteiger partial charge in [0.25, 0.3) is 0 Å². The SMILES string of the molecule is CCCNC(=O)[C@H](CC)N(Cc1ccccc1C)C(=O)CN(c1ccc(C)cc1)S(C)(=O)=O. The Balaban J connectivity index is 2.42. The second kappa shape index (κ2) is 11.8. The summed E-state index contributed by atoms with van der Waals surface area (Å²) in [6.45, 7) is 8.02. The highest BCUT2D eigenvalue weighted by molar-refractivity contribution is 7.92. The zero-order valence-electron chi connectivity index (χ0n) is 20.2. The predicted octanol–water partition coefficient (Wildman–Crippen LogP) is 3.40. The maximum Gasteiger partial charge on any atom is 0.244 e. The fourth-order valence-corrected chi connectivity index (χ4v) is 4.43. The fraction of sp³-hybridized carbons (Fsp3) is 0.440. The van der Waals surface area contributed by atoms with Crippen molar-refractivity contribution in [3.05, 3.63) is 65.2 Å². The lowest BCUT2D eigenvalue weighted by atomic mass is 10.1. The standard InChI is InChI=1S/C25H35N3O4S/c1-6-16-26-25(30)23(7-2)27(17-21-11-9-8-10-20(21)4)24(29)18-28(33(5,31)32)22-14-12-19(3)13-15-22/h8-15,23H,6-7,16-18H2,1-5H3,(H,26,30)/t23-/m0/s1. The zero-order chi connectivity index (χ0) is 24.6. The lowest BCUT2D eigenvalue weighted by molar-refractivity contribution is -0.140. The molecule has 0 bridgehead atoms. The molecule has 0 aromatic heterocycles. The molecule has 2 aromatic rings. The smallest absolute Gasteiger partial charge is 0.244 e. The van der Waals surface area contributed by atoms with E-state index in [1.54, 1.807) is 24.3 Å². The number of anilines is 1. The van der Waals surface area contributed by atoms with Crippen LogP contribution in [0.1, 0.15) is 43.4 Å². The number of benzene rings is 2. The van der Waals surface area contributed by atoms with Crippen LogP contribution >= 0.6 is 0 Å². The molecule has 1 atom stereocenters. The molecule has 0 saturated carbocycles. The number of amides is 2. The Bertz CT molecular complexity index is 1050. The van der Waals surface area contributed by atoms with E-state index in [2.05, 4.69) is 5.32 Å². The van der Waals surface area contributed by atoms with Crippen molar-refractivity contribution in [1.29, 1.82) is 0 Å². The van der Waals surface area contributed by atoms with E-state index in [1.165, 1.54) is 4.90 Å². The van der Waals surface area contributed by atoms with Gasteiger partial charge in [0.05, 0.1) is 11.9 Å². The van der Waals surface area contributed by atoms with E-state index in [9.17, 15) is 18.0 Å². The number of hydrogen-bond acceptors (Lipinski definition) is 4. The number of nitrogens with zero attached hydrogens (tertiary/aromatic N) is 2. The van der Waals surface area contributed by atoms with Gasteiger partial charge in [-0.05, 0) is 49.9 Å². The number of hydrogen-bond donors (Lipinski definition) is 1. The lowest BCUT2D eigenvalue weighted by Gasteiger charge is -2.33. The van der Waals surface area contributed by atoms with E-state index in [-0.39, 0.29) is 19.0 Å². The van der Waals surface area contributed by atoms with Crippen LogP contribution in [0.25, 0.3) is 0 Å². The Hall–Kier alpha value is -2.87. The fourth-order valence-electron chi connectivity index (χ4n) is 3.58. The molecule has 2 aromatic carbocycles. The first kappa shape index (κ1) is 26.4. The van der Waals surface area contributed by atoms with Crippen molar-refractivity contribution in [3.8, 4) is 0 Å². The molecule has 0 unspecified atom stereocenters. The summed E-state index contributed by atoms with van der Waals surface area (Å²) in [4.78, 5) is 28.0. The van der Waals surface area contributed by atoms with E-state index in [0.29, 0.717) is 18.7 Å². The van der Waals surface area contributed by atoms with Gasteiger partial charge in [-0.15, -0.1) is 0 Å². The van der Waals surface area contributed by atoms with Gasteiger partial charge in [0.2, 0.25) is 21.8 Å². The van der Waals surface area contributed by atoms with Gasteiger partial charge in [0.1, 0.15) is 12.6 Å². The molecule has 0 spiro atoms. The molecule has 0 radical (unpaired) electrons. The topological polar surface area (TPSA) is 86.8 Å². The number of aryl methyl sites for hydroxylation is 2. The van der Waals surface area contributed by atoms with Gasteiger partial charge in [0, 0.05) is 13.1 Å². The van der Waals surface area contributed by atoms with Gasteiger partial charge in [-0.3, -0.25) is 13.9 Å². The third kappa shape index (κ3) is 7.32. The largest absolute Gasteiger partial charge is 0.354 e. The first-order valence-electron chi connectivity index (χ1n) is 11.2. The quantitative estimate of drug-likeness (QED) is 0.542. The van der Waals surface area contributed by atoms with Gasteiger partial charge in [-0.25, -0.2) is 8.42 Å². The summed E-state index contributed by atoms with van der Waals surface area (Å²) in [6.07, 6.45) is 2.27. The van der Waals surface area contributed by atoms with Crippen molar-refractivity contribution in [1.82, 2.24) is 10.2 Å². The second-order valence-electron chi connectivity index (χ2n) is 8.27. The van der Waals surface area contributed by atoms with Gasteiger partial charge in [-0.2, -0.15) is 0 Å². The highest BCUT2D eigenvalue weighted by Gasteiger charge is 2.31. The molecule has 0 fully saturated rings. The molecule has 2 rings (SSSR count). The summed E-state index contributed by atoms with van der Waals surface area (Å²) in [6, 6.07) is 13.9. The third-order valence-electron chi connectivity index (χ3n) is 5.54. The second-order valence-corrected chi connectivity index (χ2v) is 10.2. The maximum atomic E-state index is 13.6. The first-order valence-corrected chi connectivity index (χ1v) is 13.1. The van der Waals surface area contributed by atoms with Crippen molar-refractivity contribution >= 4 is 27.5 Å². The minimum atomic E-state index is -3.72. The number of rotatable bonds is 11. The van der Waals surface area contributed by atoms with E-state index < -0.39 is 22.0 Å². The van der Waals surface area contributed by atoms with Gasteiger partial charge >= 0.3 is 0 Å². The number of carbonyl (C=O) groups excluding carboxylic acids is 2. The van der Waals surface area contributed by atoms with Crippen LogP contribution in [0, 0.1) is 13.8 Å². The molecule has 33 heavy (non-hydrogen) atoms. The lowest BCUT2D eigenvalue weighted by Crippen LogP contribution is -2.52. The normalized spacial score (nSPS) is 12.2. The van der Waals surface area contributed by atoms with Crippen LogP contribution in [-0.4, -0.2) is 50.5 Å². The predicted molar refractivity (Wildman–Crippen MR) is 132 cm³/mol. The van der Waals surface area contributed by atoms with Crippen LogP contribution < -0.4 is 9.62 Å². The highest BCUT2D eigenvalue weighted by atomic mass is 32.2. The average molecular weight is 474 g/mol. The van der Waals surface area contributed by atoms with E-state index in [1.807, 2.05) is 52.0 Å². The van der Waals surface area contributed by atoms with Crippen molar-refractivity contribution in [3.63, 3.8) is 0 Å². The average Bonchev–Trinajstić information content (AvgIpc) is 2.77. The number of carbonyl (C=O) groups is 2. The Kier molecular flexibility index (Phi) is 9.46. The Morgan fingerprint density at radius 1 is 1.00 bits per heavy atom. The van der Waals surface area contributed by atoms with Crippen molar-refractivity contribution in [2.75, 3.05) is 23.7 Å². The Labute approximate surface area is 197 Å². The number of sulfonamides is 1. The molecule has 0 aliphatic rings. The van der Waals surface area contributed by atoms with E-state index >= 15 is 0 Å². The molecule has 1 N–H and O–H groups in total. The van der Waals surface area contributed by atoms with Crippen LogP contribution in [0.15, 0.2) is 48.5 Å². The molecule has 2 amide bonds. The van der Waals surface area contributed by atoms with Gasteiger partial charge in [-0.1, -0.05) is 55.8 Å². The molecule has 0 aliphatic carbocycles.